The summed E-state index contributed by atoms with van der Waals surface area (Å²) in [5, 5.41) is 23.8. The van der Waals surface area contributed by atoms with E-state index in [4.69, 9.17) is 0 Å². The van der Waals surface area contributed by atoms with Gasteiger partial charge in [0, 0.05) is 56.1 Å². The summed E-state index contributed by atoms with van der Waals surface area (Å²) in [7, 11) is 4.65. The van der Waals surface area contributed by atoms with Gasteiger partial charge in [0.15, 0.2) is 0 Å². The van der Waals surface area contributed by atoms with Crippen molar-refractivity contribution in [2.45, 2.75) is 13.0 Å². The van der Waals surface area contributed by atoms with Gasteiger partial charge in [-0.05, 0) is 42.3 Å². The van der Waals surface area contributed by atoms with Crippen molar-refractivity contribution in [1.82, 2.24) is 19.8 Å². The molecule has 1 aromatic heterocycles. The Morgan fingerprint density at radius 1 is 0.870 bits per heavy atom. The first kappa shape index (κ1) is 31.6. The second kappa shape index (κ2) is 13.5. The summed E-state index contributed by atoms with van der Waals surface area (Å²) in [6, 6.07) is 21.2. The van der Waals surface area contributed by atoms with Crippen LogP contribution in [0.5, 0.6) is 0 Å². The third kappa shape index (κ3) is 6.80. The second-order valence-electron chi connectivity index (χ2n) is 11.4. The Balaban J connectivity index is 1.38. The van der Waals surface area contributed by atoms with E-state index < -0.39 is 35.6 Å². The highest BCUT2D eigenvalue weighted by Gasteiger charge is 2.45. The molecular formula is C34H34N6O6. The number of hydrogen-bond acceptors (Lipinski definition) is 7. The molecule has 3 atom stereocenters. The number of nitrogens with zero attached hydrogens (tertiary/aromatic N) is 4. The maximum absolute atomic E-state index is 13.5. The van der Waals surface area contributed by atoms with Gasteiger partial charge in [-0.1, -0.05) is 42.5 Å². The number of carboxylic acid groups (broad SMARTS) is 2. The summed E-state index contributed by atoms with van der Waals surface area (Å²) in [4.78, 5) is 66.9. The Bertz CT molecular complexity index is 1810. The maximum Gasteiger partial charge on any atom is 0.313 e. The number of aliphatic carboxylic acids is 2. The van der Waals surface area contributed by atoms with E-state index in [-0.39, 0.29) is 24.6 Å². The van der Waals surface area contributed by atoms with E-state index in [1.54, 1.807) is 61.8 Å². The van der Waals surface area contributed by atoms with Crippen molar-refractivity contribution >= 4 is 46.7 Å². The Morgan fingerprint density at radius 2 is 1.57 bits per heavy atom. The molecule has 0 radical (unpaired) electrons. The van der Waals surface area contributed by atoms with Crippen molar-refractivity contribution in [3.63, 3.8) is 0 Å². The summed E-state index contributed by atoms with van der Waals surface area (Å²) >= 11 is 0. The molecule has 4 N–H and O–H groups in total. The number of para-hydroxylation sites is 3. The van der Waals surface area contributed by atoms with Crippen molar-refractivity contribution < 1.29 is 29.4 Å². The van der Waals surface area contributed by atoms with Crippen LogP contribution in [0.3, 0.4) is 0 Å². The number of H-pyrrole nitrogens is 1. The van der Waals surface area contributed by atoms with E-state index in [2.05, 4.69) is 20.3 Å². The second-order valence-corrected chi connectivity index (χ2v) is 11.4. The van der Waals surface area contributed by atoms with Crippen LogP contribution in [0.4, 0.5) is 5.69 Å². The molecule has 3 aromatic carbocycles. The van der Waals surface area contributed by atoms with E-state index >= 15 is 0 Å². The molecule has 236 valence electrons. The fourth-order valence-corrected chi connectivity index (χ4v) is 5.63. The standard InChI is InChI=1S/C34H34N6O6/c1-39(2)32(42)23(29(33(43)44)30(34(45)46)27-18-35-17-22-8-4-5-9-24(22)36-27)16-20-12-14-21(15-13-20)31(41)40(3)19-28-37-25-10-6-7-11-26(25)38-28/h4-15,17-18,23,29-30,36H,16,19H2,1-3H3,(H,37,38)(H,43,44)(H,45,46). The molecule has 5 rings (SSSR count). The van der Waals surface area contributed by atoms with E-state index in [9.17, 15) is 29.4 Å². The number of benzene rings is 3. The minimum atomic E-state index is -1.65. The smallest absolute Gasteiger partial charge is 0.313 e. The molecule has 46 heavy (non-hydrogen) atoms. The largest absolute Gasteiger partial charge is 0.481 e. The number of anilines is 1. The summed E-state index contributed by atoms with van der Waals surface area (Å²) in [5.41, 5.74) is 3.94. The normalized spacial score (nSPS) is 14.2. The Labute approximate surface area is 265 Å². The SMILES string of the molecule is CN(C)C(=O)C(Cc1ccc(C(=O)N(C)Cc2nc3ccccc3[nH]2)cc1)C(C(=O)O)C(C(=O)O)C1=CN=Cc2ccccc2N1. The molecule has 0 saturated heterocycles. The van der Waals surface area contributed by atoms with Crippen LogP contribution in [0.15, 0.2) is 89.7 Å². The molecule has 1 aliphatic heterocycles. The molecule has 0 aliphatic carbocycles. The monoisotopic (exact) mass is 622 g/mol. The third-order valence-corrected chi connectivity index (χ3v) is 7.93. The predicted octanol–water partition coefficient (Wildman–Crippen LogP) is 3.87. The van der Waals surface area contributed by atoms with Crippen LogP contribution < -0.4 is 5.32 Å². The van der Waals surface area contributed by atoms with Crippen molar-refractivity contribution in [3.8, 4) is 0 Å². The van der Waals surface area contributed by atoms with Gasteiger partial charge >= 0.3 is 11.9 Å². The summed E-state index contributed by atoms with van der Waals surface area (Å²) in [6.07, 6.45) is 2.76. The van der Waals surface area contributed by atoms with Gasteiger partial charge in [0.2, 0.25) is 5.91 Å². The molecule has 12 heteroatoms. The van der Waals surface area contributed by atoms with Gasteiger partial charge in [0.05, 0.1) is 29.4 Å². The molecule has 3 unspecified atom stereocenters. The minimum absolute atomic E-state index is 0.0473. The molecule has 12 nitrogen and oxygen atoms in total. The quantitative estimate of drug-likeness (QED) is 0.196. The number of carbonyl (C=O) groups excluding carboxylic acids is 2. The van der Waals surface area contributed by atoms with E-state index in [0.29, 0.717) is 28.2 Å². The first-order valence-electron chi connectivity index (χ1n) is 14.6. The van der Waals surface area contributed by atoms with Crippen molar-refractivity contribution in [2.75, 3.05) is 26.5 Å². The number of nitrogens with one attached hydrogen (secondary N) is 2. The fraction of sp³-hybridized carbons (Fsp3) is 0.235. The zero-order valence-corrected chi connectivity index (χ0v) is 25.5. The lowest BCUT2D eigenvalue weighted by molar-refractivity contribution is -0.158. The minimum Gasteiger partial charge on any atom is -0.481 e. The van der Waals surface area contributed by atoms with Crippen LogP contribution in [0.25, 0.3) is 11.0 Å². The number of aliphatic imine (C=N–C) groups is 1. The van der Waals surface area contributed by atoms with Crippen LogP contribution >= 0.6 is 0 Å². The van der Waals surface area contributed by atoms with Crippen molar-refractivity contribution in [3.05, 3.63) is 107 Å². The lowest BCUT2D eigenvalue weighted by Gasteiger charge is -2.31. The highest BCUT2D eigenvalue weighted by Crippen LogP contribution is 2.34. The average molecular weight is 623 g/mol. The number of aromatic amines is 1. The molecule has 1 aliphatic rings. The number of amides is 2. The number of hydrogen-bond donors (Lipinski definition) is 4. The van der Waals surface area contributed by atoms with Crippen LogP contribution in [0, 0.1) is 17.8 Å². The van der Waals surface area contributed by atoms with Gasteiger partial charge in [0.25, 0.3) is 5.91 Å². The zero-order valence-electron chi connectivity index (χ0n) is 25.5. The van der Waals surface area contributed by atoms with Crippen molar-refractivity contribution in [2.24, 2.45) is 22.7 Å². The molecule has 0 spiro atoms. The predicted molar refractivity (Wildman–Crippen MR) is 172 cm³/mol. The highest BCUT2D eigenvalue weighted by molar-refractivity contribution is 5.94. The van der Waals surface area contributed by atoms with Crippen LogP contribution in [0.1, 0.15) is 27.3 Å². The number of carbonyl (C=O) groups is 4. The Hall–Kier alpha value is -5.78. The highest BCUT2D eigenvalue weighted by atomic mass is 16.4. The maximum atomic E-state index is 13.5. The third-order valence-electron chi connectivity index (χ3n) is 7.93. The zero-order chi connectivity index (χ0) is 33.0. The van der Waals surface area contributed by atoms with E-state index in [0.717, 1.165) is 11.0 Å². The van der Waals surface area contributed by atoms with Crippen LogP contribution in [-0.2, 0) is 27.3 Å². The lowest BCUT2D eigenvalue weighted by Crippen LogP contribution is -2.45. The number of imidazole rings is 1. The molecule has 0 saturated carbocycles. The molecule has 2 amide bonds. The topological polar surface area (TPSA) is 168 Å². The number of rotatable bonds is 11. The average Bonchev–Trinajstić information content (AvgIpc) is 3.32. The summed E-state index contributed by atoms with van der Waals surface area (Å²) in [5.74, 6) is -7.53. The van der Waals surface area contributed by atoms with Gasteiger partial charge in [0.1, 0.15) is 11.7 Å². The number of fused-ring (bicyclic) bond motifs is 2. The fourth-order valence-electron chi connectivity index (χ4n) is 5.63. The van der Waals surface area contributed by atoms with Gasteiger partial charge < -0.3 is 30.3 Å². The molecule has 0 fully saturated rings. The van der Waals surface area contributed by atoms with Gasteiger partial charge in [-0.2, -0.15) is 0 Å². The van der Waals surface area contributed by atoms with E-state index in [1.165, 1.54) is 30.1 Å². The summed E-state index contributed by atoms with van der Waals surface area (Å²) in [6.45, 7) is 0.254. The molecule has 2 heterocycles. The number of aromatic nitrogens is 2. The lowest BCUT2D eigenvalue weighted by atomic mass is 9.76. The number of carboxylic acids is 2. The van der Waals surface area contributed by atoms with Gasteiger partial charge in [-0.3, -0.25) is 24.2 Å². The first-order chi connectivity index (χ1) is 22.0. The molecule has 4 aromatic rings. The van der Waals surface area contributed by atoms with Crippen molar-refractivity contribution in [1.29, 1.82) is 0 Å². The Kier molecular flexibility index (Phi) is 9.26. The molecule has 0 bridgehead atoms. The van der Waals surface area contributed by atoms with Gasteiger partial charge in [-0.15, -0.1) is 0 Å². The van der Waals surface area contributed by atoms with Crippen LogP contribution in [0.2, 0.25) is 0 Å². The molecular weight excluding hydrogens is 588 g/mol. The summed E-state index contributed by atoms with van der Waals surface area (Å²) < 4.78 is 0. The van der Waals surface area contributed by atoms with E-state index in [1.807, 2.05) is 24.3 Å². The van der Waals surface area contributed by atoms with Crippen LogP contribution in [-0.4, -0.2) is 81.1 Å². The first-order valence-corrected chi connectivity index (χ1v) is 14.6. The Morgan fingerprint density at radius 3 is 2.24 bits per heavy atom. The van der Waals surface area contributed by atoms with Gasteiger partial charge in [-0.25, -0.2) is 4.98 Å².